The summed E-state index contributed by atoms with van der Waals surface area (Å²) in [4.78, 5) is 6.00. The van der Waals surface area contributed by atoms with Crippen LogP contribution >= 0.6 is 0 Å². The quantitative estimate of drug-likeness (QED) is 0.706. The second kappa shape index (κ2) is 6.10. The molecule has 0 saturated carbocycles. The summed E-state index contributed by atoms with van der Waals surface area (Å²) in [5, 5.41) is 9.24. The fourth-order valence-corrected chi connectivity index (χ4v) is 2.28. The van der Waals surface area contributed by atoms with E-state index < -0.39 is 12.3 Å². The predicted octanol–water partition coefficient (Wildman–Crippen LogP) is -0.359. The van der Waals surface area contributed by atoms with Gasteiger partial charge in [0.2, 0.25) is 0 Å². The zero-order valence-corrected chi connectivity index (χ0v) is 11.9. The molecule has 0 aromatic carbocycles. The highest BCUT2D eigenvalue weighted by Crippen LogP contribution is 2.30. The van der Waals surface area contributed by atoms with Gasteiger partial charge in [0.15, 0.2) is 5.75 Å². The van der Waals surface area contributed by atoms with E-state index in [1.165, 1.54) is 7.11 Å². The largest absolute Gasteiger partial charge is 0.480 e. The first-order valence-electron chi connectivity index (χ1n) is 6.49. The number of hydrogen-bond acceptors (Lipinski definition) is 5. The van der Waals surface area contributed by atoms with Crippen LogP contribution in [0.1, 0.15) is 12.0 Å². The van der Waals surface area contributed by atoms with Gasteiger partial charge in [0.25, 0.3) is 5.88 Å². The molecular formula is C13H17BFN3O2. The van der Waals surface area contributed by atoms with Gasteiger partial charge in [-0.05, 0) is 18.9 Å². The van der Waals surface area contributed by atoms with E-state index in [1.807, 2.05) is 11.9 Å². The lowest BCUT2D eigenvalue weighted by Gasteiger charge is -2.32. The molecule has 1 aromatic heterocycles. The van der Waals surface area contributed by atoms with E-state index in [1.54, 1.807) is 14.0 Å². The summed E-state index contributed by atoms with van der Waals surface area (Å²) in [6, 6.07) is 2.07. The highest BCUT2D eigenvalue weighted by Gasteiger charge is 2.31. The van der Waals surface area contributed by atoms with Crippen molar-refractivity contribution in [3.63, 3.8) is 0 Å². The monoisotopic (exact) mass is 277 g/mol. The molecule has 1 aliphatic heterocycles. The summed E-state index contributed by atoms with van der Waals surface area (Å²) < 4.78 is 24.9. The number of piperidine rings is 1. The summed E-state index contributed by atoms with van der Waals surface area (Å²) in [6.45, 7) is 1.09. The van der Waals surface area contributed by atoms with Crippen LogP contribution in [0.15, 0.2) is 6.20 Å². The topological polar surface area (TPSA) is 58.4 Å². The van der Waals surface area contributed by atoms with Gasteiger partial charge in [-0.3, -0.25) is 0 Å². The van der Waals surface area contributed by atoms with E-state index in [-0.39, 0.29) is 11.6 Å². The third-order valence-corrected chi connectivity index (χ3v) is 3.45. The van der Waals surface area contributed by atoms with Gasteiger partial charge in [-0.15, -0.1) is 0 Å². The molecular weight excluding hydrogens is 260 g/mol. The number of pyridine rings is 1. The standard InChI is InChI=1S/C13H17BFN3O2/c1-18-4-3-11(10(15)7-18)20-12-8(5-16)9(14)6-17-13(12)19-2/h6,10-11H,3-4,7,14H2,1-2H3/t10-,11+/m0/s1. The van der Waals surface area contributed by atoms with Crippen molar-refractivity contribution in [2.24, 2.45) is 0 Å². The smallest absolute Gasteiger partial charge is 0.258 e. The zero-order valence-electron chi connectivity index (χ0n) is 11.9. The Morgan fingerprint density at radius 3 is 2.95 bits per heavy atom. The molecule has 0 radical (unpaired) electrons. The molecule has 1 aliphatic rings. The lowest BCUT2D eigenvalue weighted by Crippen LogP contribution is -2.45. The van der Waals surface area contributed by atoms with Gasteiger partial charge >= 0.3 is 0 Å². The molecule has 0 amide bonds. The van der Waals surface area contributed by atoms with E-state index in [9.17, 15) is 9.65 Å². The molecule has 1 fully saturated rings. The summed E-state index contributed by atoms with van der Waals surface area (Å²) in [7, 11) is 5.09. The van der Waals surface area contributed by atoms with Crippen LogP contribution in [0.2, 0.25) is 0 Å². The Morgan fingerprint density at radius 1 is 1.60 bits per heavy atom. The number of rotatable bonds is 3. The van der Waals surface area contributed by atoms with Crippen LogP contribution in [-0.2, 0) is 0 Å². The van der Waals surface area contributed by atoms with Crippen molar-refractivity contribution >= 4 is 13.3 Å². The SMILES string of the molecule is Bc1cnc(OC)c(O[C@@H]2CCN(C)C[C@@H]2F)c1C#N. The van der Waals surface area contributed by atoms with Crippen LogP contribution in [0.25, 0.3) is 0 Å². The number of halogens is 1. The lowest BCUT2D eigenvalue weighted by molar-refractivity contribution is 0.0294. The number of ether oxygens (including phenoxy) is 2. The van der Waals surface area contributed by atoms with E-state index >= 15 is 0 Å². The molecule has 2 rings (SSSR count). The molecule has 0 unspecified atom stereocenters. The van der Waals surface area contributed by atoms with Crippen LogP contribution in [0.3, 0.4) is 0 Å². The fraction of sp³-hybridized carbons (Fsp3) is 0.538. The third-order valence-electron chi connectivity index (χ3n) is 3.45. The second-order valence-corrected chi connectivity index (χ2v) is 4.99. The van der Waals surface area contributed by atoms with Gasteiger partial charge in [0, 0.05) is 19.3 Å². The maximum atomic E-state index is 14.0. The van der Waals surface area contributed by atoms with E-state index in [2.05, 4.69) is 11.1 Å². The predicted molar refractivity (Wildman–Crippen MR) is 75.1 cm³/mol. The van der Waals surface area contributed by atoms with Crippen molar-refractivity contribution in [2.75, 3.05) is 27.2 Å². The Hall–Kier alpha value is -1.81. The van der Waals surface area contributed by atoms with E-state index in [0.29, 0.717) is 24.0 Å². The number of nitrogens with zero attached hydrogens (tertiary/aromatic N) is 3. The van der Waals surface area contributed by atoms with E-state index in [0.717, 1.165) is 6.54 Å². The Labute approximate surface area is 118 Å². The molecule has 1 aromatic rings. The Kier molecular flexibility index (Phi) is 4.45. The van der Waals surface area contributed by atoms with Crippen LogP contribution < -0.4 is 14.9 Å². The Balaban J connectivity index is 2.28. The van der Waals surface area contributed by atoms with Crippen molar-refractivity contribution in [2.45, 2.75) is 18.7 Å². The first-order chi connectivity index (χ1) is 9.56. The molecule has 1 saturated heterocycles. The molecule has 0 bridgehead atoms. The molecule has 0 N–H and O–H groups in total. The lowest BCUT2D eigenvalue weighted by atomic mass is 9.92. The summed E-state index contributed by atoms with van der Waals surface area (Å²) >= 11 is 0. The number of methoxy groups -OCH3 is 1. The fourth-order valence-electron chi connectivity index (χ4n) is 2.28. The maximum absolute atomic E-state index is 14.0. The van der Waals surface area contributed by atoms with Crippen molar-refractivity contribution in [1.29, 1.82) is 5.26 Å². The summed E-state index contributed by atoms with van der Waals surface area (Å²) in [5.74, 6) is 0.463. The minimum Gasteiger partial charge on any atom is -0.480 e. The van der Waals surface area contributed by atoms with Gasteiger partial charge in [-0.25, -0.2) is 9.37 Å². The second-order valence-electron chi connectivity index (χ2n) is 4.99. The van der Waals surface area contributed by atoms with Crippen LogP contribution in [0.5, 0.6) is 11.6 Å². The number of likely N-dealkylation sites (tertiary alicyclic amines) is 1. The number of aromatic nitrogens is 1. The maximum Gasteiger partial charge on any atom is 0.258 e. The normalized spacial score (nSPS) is 23.1. The summed E-state index contributed by atoms with van der Waals surface area (Å²) in [6.07, 6.45) is 0.451. The average Bonchev–Trinajstić information content (AvgIpc) is 2.42. The van der Waals surface area contributed by atoms with Crippen LogP contribution in [-0.4, -0.2) is 57.3 Å². The van der Waals surface area contributed by atoms with E-state index in [4.69, 9.17) is 9.47 Å². The third kappa shape index (κ3) is 2.85. The number of hydrogen-bond donors (Lipinski definition) is 0. The van der Waals surface area contributed by atoms with Gasteiger partial charge in [0.05, 0.1) is 12.7 Å². The van der Waals surface area contributed by atoms with Gasteiger partial charge in [-0.1, -0.05) is 0 Å². The molecule has 2 atom stereocenters. The minimum absolute atomic E-state index is 0.221. The van der Waals surface area contributed by atoms with Crippen molar-refractivity contribution in [1.82, 2.24) is 9.88 Å². The average molecular weight is 277 g/mol. The first-order valence-corrected chi connectivity index (χ1v) is 6.49. The number of nitriles is 1. The number of alkyl halides is 1. The zero-order chi connectivity index (χ0) is 14.7. The van der Waals surface area contributed by atoms with Crippen molar-refractivity contribution < 1.29 is 13.9 Å². The van der Waals surface area contributed by atoms with Crippen LogP contribution in [0, 0.1) is 11.3 Å². The highest BCUT2D eigenvalue weighted by molar-refractivity contribution is 6.34. The molecule has 0 spiro atoms. The summed E-state index contributed by atoms with van der Waals surface area (Å²) in [5.41, 5.74) is 1.04. The van der Waals surface area contributed by atoms with Crippen molar-refractivity contribution in [3.05, 3.63) is 11.8 Å². The highest BCUT2D eigenvalue weighted by atomic mass is 19.1. The molecule has 7 heteroatoms. The van der Waals surface area contributed by atoms with Gasteiger partial charge in [-0.2, -0.15) is 5.26 Å². The van der Waals surface area contributed by atoms with Gasteiger partial charge < -0.3 is 14.4 Å². The Bertz CT molecular complexity index is 535. The molecule has 106 valence electrons. The molecule has 5 nitrogen and oxygen atoms in total. The molecule has 0 aliphatic carbocycles. The van der Waals surface area contributed by atoms with Gasteiger partial charge in [0.1, 0.15) is 26.2 Å². The van der Waals surface area contributed by atoms with Crippen LogP contribution in [0.4, 0.5) is 4.39 Å². The van der Waals surface area contributed by atoms with Crippen molar-refractivity contribution in [3.8, 4) is 17.7 Å². The molecule has 20 heavy (non-hydrogen) atoms. The Morgan fingerprint density at radius 2 is 2.35 bits per heavy atom. The molecule has 2 heterocycles. The minimum atomic E-state index is -1.09. The first kappa shape index (κ1) is 14.6.